The number of hydrogen-bond acceptors (Lipinski definition) is 4. The molecular formula is C14H20N4O. The fourth-order valence-corrected chi connectivity index (χ4v) is 1.91. The number of nitrogens with one attached hydrogen (secondary N) is 1. The van der Waals surface area contributed by atoms with Crippen molar-refractivity contribution in [2.24, 2.45) is 0 Å². The smallest absolute Gasteiger partial charge is 0.141 e. The molecule has 0 saturated heterocycles. The molecule has 2 aromatic rings. The molecule has 5 nitrogen and oxygen atoms in total. The first-order valence-corrected chi connectivity index (χ1v) is 6.48. The molecule has 0 unspecified atom stereocenters. The third-order valence-corrected chi connectivity index (χ3v) is 2.95. The number of benzene rings is 1. The van der Waals surface area contributed by atoms with E-state index in [2.05, 4.69) is 29.2 Å². The fourth-order valence-electron chi connectivity index (χ4n) is 1.91. The van der Waals surface area contributed by atoms with Crippen LogP contribution in [0.1, 0.15) is 36.8 Å². The van der Waals surface area contributed by atoms with Gasteiger partial charge in [-0.2, -0.15) is 5.10 Å². The Hall–Kier alpha value is -1.72. The number of hydrogen-bond donors (Lipinski definition) is 2. The number of aliphatic hydroxyl groups is 1. The van der Waals surface area contributed by atoms with E-state index in [1.807, 2.05) is 28.9 Å². The zero-order chi connectivity index (χ0) is 13.7. The van der Waals surface area contributed by atoms with E-state index in [0.29, 0.717) is 12.6 Å². The molecular weight excluding hydrogens is 240 g/mol. The first-order chi connectivity index (χ1) is 9.20. The average Bonchev–Trinajstić information content (AvgIpc) is 2.88. The highest BCUT2D eigenvalue weighted by atomic mass is 16.3. The molecule has 1 heterocycles. The van der Waals surface area contributed by atoms with Crippen LogP contribution in [0.25, 0.3) is 0 Å². The first-order valence-electron chi connectivity index (χ1n) is 6.48. The number of rotatable bonds is 6. The average molecular weight is 260 g/mol. The minimum Gasteiger partial charge on any atom is -0.392 e. The maximum atomic E-state index is 8.98. The second kappa shape index (κ2) is 6.45. The lowest BCUT2D eigenvalue weighted by Crippen LogP contribution is -2.18. The first kappa shape index (κ1) is 13.7. The van der Waals surface area contributed by atoms with Crippen molar-refractivity contribution in [1.29, 1.82) is 0 Å². The predicted octanol–water partition coefficient (Wildman–Crippen LogP) is 1.64. The number of aliphatic hydroxyl groups excluding tert-OH is 1. The summed E-state index contributed by atoms with van der Waals surface area (Å²) in [7, 11) is 0. The van der Waals surface area contributed by atoms with Gasteiger partial charge in [0, 0.05) is 12.6 Å². The summed E-state index contributed by atoms with van der Waals surface area (Å²) in [6.07, 6.45) is 1.59. The van der Waals surface area contributed by atoms with Gasteiger partial charge in [-0.15, -0.1) is 0 Å². The lowest BCUT2D eigenvalue weighted by atomic mass is 10.1. The standard InChI is InChI=1S/C14H20N4O/c1-11(2)18-14(16-10-17-18)8-15-7-12-3-5-13(9-19)6-4-12/h3-6,10-11,15,19H,7-9H2,1-2H3. The van der Waals surface area contributed by atoms with Crippen LogP contribution in [0.2, 0.25) is 0 Å². The second-order valence-electron chi connectivity index (χ2n) is 4.79. The summed E-state index contributed by atoms with van der Waals surface area (Å²) in [5, 5.41) is 16.5. The SMILES string of the molecule is CC(C)n1ncnc1CNCc1ccc(CO)cc1. The van der Waals surface area contributed by atoms with E-state index in [9.17, 15) is 0 Å². The van der Waals surface area contributed by atoms with E-state index in [1.54, 1.807) is 6.33 Å². The van der Waals surface area contributed by atoms with Crippen LogP contribution in [-0.2, 0) is 19.7 Å². The Labute approximate surface area is 113 Å². The van der Waals surface area contributed by atoms with E-state index in [-0.39, 0.29) is 6.61 Å². The molecule has 2 rings (SSSR count). The van der Waals surface area contributed by atoms with Crippen molar-refractivity contribution in [3.05, 3.63) is 47.5 Å². The monoisotopic (exact) mass is 260 g/mol. The highest BCUT2D eigenvalue weighted by molar-refractivity contribution is 5.21. The van der Waals surface area contributed by atoms with Crippen molar-refractivity contribution in [3.63, 3.8) is 0 Å². The Bertz CT molecular complexity index is 504. The lowest BCUT2D eigenvalue weighted by Gasteiger charge is -2.10. The summed E-state index contributed by atoms with van der Waals surface area (Å²) in [6.45, 7) is 5.74. The van der Waals surface area contributed by atoms with Gasteiger partial charge in [0.05, 0.1) is 13.2 Å². The normalized spacial score (nSPS) is 11.2. The molecule has 0 bridgehead atoms. The molecule has 0 amide bonds. The third kappa shape index (κ3) is 3.62. The Balaban J connectivity index is 1.87. The topological polar surface area (TPSA) is 63.0 Å². The molecule has 0 aliphatic heterocycles. The van der Waals surface area contributed by atoms with Crippen molar-refractivity contribution in [2.45, 2.75) is 39.6 Å². The van der Waals surface area contributed by atoms with E-state index in [4.69, 9.17) is 5.11 Å². The van der Waals surface area contributed by atoms with Crippen LogP contribution in [0.3, 0.4) is 0 Å². The van der Waals surface area contributed by atoms with Gasteiger partial charge in [-0.05, 0) is 25.0 Å². The Morgan fingerprint density at radius 1 is 1.16 bits per heavy atom. The molecule has 0 atom stereocenters. The molecule has 0 fully saturated rings. The maximum absolute atomic E-state index is 8.98. The van der Waals surface area contributed by atoms with Gasteiger partial charge in [0.2, 0.25) is 0 Å². The minimum absolute atomic E-state index is 0.0885. The summed E-state index contributed by atoms with van der Waals surface area (Å²) in [4.78, 5) is 4.25. The van der Waals surface area contributed by atoms with Gasteiger partial charge in [-0.25, -0.2) is 9.67 Å². The van der Waals surface area contributed by atoms with Crippen LogP contribution >= 0.6 is 0 Å². The van der Waals surface area contributed by atoms with Crippen LogP contribution < -0.4 is 5.32 Å². The molecule has 0 spiro atoms. The largest absolute Gasteiger partial charge is 0.392 e. The second-order valence-corrected chi connectivity index (χ2v) is 4.79. The van der Waals surface area contributed by atoms with E-state index < -0.39 is 0 Å². The molecule has 19 heavy (non-hydrogen) atoms. The molecule has 0 saturated carbocycles. The highest BCUT2D eigenvalue weighted by Crippen LogP contribution is 2.06. The van der Waals surface area contributed by atoms with Crippen LogP contribution in [0.4, 0.5) is 0 Å². The van der Waals surface area contributed by atoms with E-state index in [1.165, 1.54) is 5.56 Å². The van der Waals surface area contributed by atoms with Gasteiger partial charge in [-0.1, -0.05) is 24.3 Å². The Kier molecular flexibility index (Phi) is 4.65. The van der Waals surface area contributed by atoms with Crippen molar-refractivity contribution in [1.82, 2.24) is 20.1 Å². The molecule has 0 aliphatic rings. The number of nitrogens with zero attached hydrogens (tertiary/aromatic N) is 3. The van der Waals surface area contributed by atoms with Crippen molar-refractivity contribution in [3.8, 4) is 0 Å². The summed E-state index contributed by atoms with van der Waals surface area (Å²) < 4.78 is 1.92. The van der Waals surface area contributed by atoms with E-state index in [0.717, 1.165) is 17.9 Å². The van der Waals surface area contributed by atoms with Gasteiger partial charge in [-0.3, -0.25) is 0 Å². The van der Waals surface area contributed by atoms with Crippen molar-refractivity contribution >= 4 is 0 Å². The quantitative estimate of drug-likeness (QED) is 0.829. The predicted molar refractivity (Wildman–Crippen MR) is 73.3 cm³/mol. The molecule has 1 aromatic carbocycles. The Morgan fingerprint density at radius 3 is 2.47 bits per heavy atom. The van der Waals surface area contributed by atoms with Crippen LogP contribution in [0.15, 0.2) is 30.6 Å². The van der Waals surface area contributed by atoms with Crippen molar-refractivity contribution < 1.29 is 5.11 Å². The zero-order valence-corrected chi connectivity index (χ0v) is 11.4. The van der Waals surface area contributed by atoms with Gasteiger partial charge in [0.1, 0.15) is 12.2 Å². The highest BCUT2D eigenvalue weighted by Gasteiger charge is 2.06. The Morgan fingerprint density at radius 2 is 1.84 bits per heavy atom. The van der Waals surface area contributed by atoms with Crippen LogP contribution in [0.5, 0.6) is 0 Å². The lowest BCUT2D eigenvalue weighted by molar-refractivity contribution is 0.282. The number of aromatic nitrogens is 3. The van der Waals surface area contributed by atoms with Gasteiger partial charge in [0.25, 0.3) is 0 Å². The maximum Gasteiger partial charge on any atom is 0.141 e. The molecule has 102 valence electrons. The zero-order valence-electron chi connectivity index (χ0n) is 11.4. The molecule has 0 aliphatic carbocycles. The van der Waals surface area contributed by atoms with Gasteiger partial charge in [0.15, 0.2) is 0 Å². The minimum atomic E-state index is 0.0885. The van der Waals surface area contributed by atoms with Crippen molar-refractivity contribution in [2.75, 3.05) is 0 Å². The van der Waals surface area contributed by atoms with Gasteiger partial charge < -0.3 is 10.4 Å². The summed E-state index contributed by atoms with van der Waals surface area (Å²) in [6, 6.07) is 8.24. The van der Waals surface area contributed by atoms with Crippen LogP contribution in [-0.4, -0.2) is 19.9 Å². The van der Waals surface area contributed by atoms with Crippen LogP contribution in [0, 0.1) is 0 Å². The summed E-state index contributed by atoms with van der Waals surface area (Å²) in [5.41, 5.74) is 2.12. The molecule has 1 aromatic heterocycles. The summed E-state index contributed by atoms with van der Waals surface area (Å²) in [5.74, 6) is 0.946. The molecule has 2 N–H and O–H groups in total. The van der Waals surface area contributed by atoms with Gasteiger partial charge >= 0.3 is 0 Å². The molecule has 5 heteroatoms. The molecule has 0 radical (unpaired) electrons. The third-order valence-electron chi connectivity index (χ3n) is 2.95. The fraction of sp³-hybridized carbons (Fsp3) is 0.429. The summed E-state index contributed by atoms with van der Waals surface area (Å²) >= 11 is 0. The van der Waals surface area contributed by atoms with E-state index >= 15 is 0 Å².